The Balaban J connectivity index is 2.25. The van der Waals surface area contributed by atoms with E-state index in [9.17, 15) is 9.59 Å². The Labute approximate surface area is 122 Å². The number of nitrogens with two attached hydrogens (primary N) is 1. The van der Waals surface area contributed by atoms with Gasteiger partial charge in [-0.05, 0) is 32.0 Å². The van der Waals surface area contributed by atoms with Crippen molar-refractivity contribution in [2.75, 3.05) is 18.9 Å². The molecule has 1 aliphatic rings. The molecule has 0 fully saturated rings. The highest BCUT2D eigenvalue weighted by atomic mass is 32.2. The number of nitrogens with one attached hydrogen (secondary N) is 1. The Morgan fingerprint density at radius 2 is 2.25 bits per heavy atom. The third-order valence-electron chi connectivity index (χ3n) is 3.48. The number of carbonyl (C=O) groups is 2. The molecule has 0 aliphatic carbocycles. The normalized spacial score (nSPS) is 19.0. The molecule has 0 aromatic heterocycles. The molecule has 0 saturated heterocycles. The highest BCUT2D eigenvalue weighted by Gasteiger charge is 2.24. The van der Waals surface area contributed by atoms with Crippen molar-refractivity contribution in [1.82, 2.24) is 4.90 Å². The van der Waals surface area contributed by atoms with E-state index in [0.29, 0.717) is 17.8 Å². The van der Waals surface area contributed by atoms with Gasteiger partial charge in [0.2, 0.25) is 5.91 Å². The van der Waals surface area contributed by atoms with Gasteiger partial charge >= 0.3 is 0 Å². The van der Waals surface area contributed by atoms with Gasteiger partial charge in [-0.2, -0.15) is 0 Å². The van der Waals surface area contributed by atoms with E-state index in [1.54, 1.807) is 24.1 Å². The van der Waals surface area contributed by atoms with Gasteiger partial charge in [-0.3, -0.25) is 9.59 Å². The van der Waals surface area contributed by atoms with Gasteiger partial charge in [0.05, 0.1) is 10.9 Å². The number of hydrogen-bond donors (Lipinski definition) is 2. The van der Waals surface area contributed by atoms with Crippen LogP contribution in [0.5, 0.6) is 0 Å². The third-order valence-corrected chi connectivity index (χ3v) is 4.66. The van der Waals surface area contributed by atoms with E-state index in [0.717, 1.165) is 4.90 Å². The van der Waals surface area contributed by atoms with Crippen molar-refractivity contribution in [2.45, 2.75) is 30.0 Å². The van der Waals surface area contributed by atoms with Crippen LogP contribution in [0.15, 0.2) is 23.1 Å². The number of anilines is 1. The lowest BCUT2D eigenvalue weighted by molar-refractivity contribution is -0.115. The fourth-order valence-electron chi connectivity index (χ4n) is 1.90. The number of thioether (sulfide) groups is 1. The lowest BCUT2D eigenvalue weighted by Crippen LogP contribution is -2.39. The molecular weight excluding hydrogens is 274 g/mol. The standard InChI is InChI=1S/C14H19N3O2S/c1-8(7-15)17(3)14(19)10-4-5-12-11(6-10)16-13(18)9(2)20-12/h4-6,8-9H,7,15H2,1-3H3,(H,16,18). The van der Waals surface area contributed by atoms with Crippen LogP contribution in [0.4, 0.5) is 5.69 Å². The number of nitrogens with zero attached hydrogens (tertiary/aromatic N) is 1. The first-order chi connectivity index (χ1) is 9.43. The summed E-state index contributed by atoms with van der Waals surface area (Å²) in [6, 6.07) is 5.37. The fourth-order valence-corrected chi connectivity index (χ4v) is 2.83. The molecule has 2 unspecified atom stereocenters. The quantitative estimate of drug-likeness (QED) is 0.886. The maximum Gasteiger partial charge on any atom is 0.253 e. The Morgan fingerprint density at radius 1 is 1.55 bits per heavy atom. The first-order valence-electron chi connectivity index (χ1n) is 6.53. The van der Waals surface area contributed by atoms with Crippen molar-refractivity contribution in [1.29, 1.82) is 0 Å². The Kier molecular flexibility index (Phi) is 4.35. The third kappa shape index (κ3) is 2.81. The molecule has 3 N–H and O–H groups in total. The van der Waals surface area contributed by atoms with E-state index in [1.807, 2.05) is 19.9 Å². The zero-order valence-corrected chi connectivity index (χ0v) is 12.7. The second-order valence-corrected chi connectivity index (χ2v) is 6.34. The number of hydrogen-bond acceptors (Lipinski definition) is 4. The summed E-state index contributed by atoms with van der Waals surface area (Å²) in [6.07, 6.45) is 0. The van der Waals surface area contributed by atoms with Crippen LogP contribution in [0.1, 0.15) is 24.2 Å². The molecule has 1 aromatic carbocycles. The van der Waals surface area contributed by atoms with Gasteiger partial charge in [-0.25, -0.2) is 0 Å². The molecule has 5 nitrogen and oxygen atoms in total. The smallest absolute Gasteiger partial charge is 0.253 e. The summed E-state index contributed by atoms with van der Waals surface area (Å²) in [5.74, 6) is -0.126. The molecule has 1 heterocycles. The largest absolute Gasteiger partial charge is 0.338 e. The zero-order valence-electron chi connectivity index (χ0n) is 11.8. The number of benzene rings is 1. The molecular formula is C14H19N3O2S. The molecule has 20 heavy (non-hydrogen) atoms. The van der Waals surface area contributed by atoms with Crippen LogP contribution in [0.3, 0.4) is 0 Å². The zero-order chi connectivity index (χ0) is 14.9. The second kappa shape index (κ2) is 5.85. The average Bonchev–Trinajstić information content (AvgIpc) is 2.45. The molecule has 1 aromatic rings. The predicted molar refractivity (Wildman–Crippen MR) is 81.0 cm³/mol. The maximum absolute atomic E-state index is 12.3. The lowest BCUT2D eigenvalue weighted by Gasteiger charge is -2.25. The molecule has 2 atom stereocenters. The SMILES string of the molecule is CC1Sc2ccc(C(=O)N(C)C(C)CN)cc2NC1=O. The number of amides is 2. The average molecular weight is 293 g/mol. The summed E-state index contributed by atoms with van der Waals surface area (Å²) in [5.41, 5.74) is 6.84. The molecule has 0 spiro atoms. The minimum Gasteiger partial charge on any atom is -0.338 e. The van der Waals surface area contributed by atoms with E-state index >= 15 is 0 Å². The number of likely N-dealkylation sites (N-methyl/N-ethyl adjacent to an activating group) is 1. The molecule has 2 amide bonds. The van der Waals surface area contributed by atoms with E-state index in [-0.39, 0.29) is 23.1 Å². The molecule has 108 valence electrons. The van der Waals surface area contributed by atoms with Crippen molar-refractivity contribution < 1.29 is 9.59 Å². The first-order valence-corrected chi connectivity index (χ1v) is 7.40. The summed E-state index contributed by atoms with van der Waals surface area (Å²) < 4.78 is 0. The van der Waals surface area contributed by atoms with Crippen molar-refractivity contribution in [2.24, 2.45) is 5.73 Å². The van der Waals surface area contributed by atoms with Crippen molar-refractivity contribution in [3.63, 3.8) is 0 Å². The Morgan fingerprint density at radius 3 is 2.90 bits per heavy atom. The van der Waals surface area contributed by atoms with Gasteiger partial charge in [0, 0.05) is 30.1 Å². The number of carbonyl (C=O) groups excluding carboxylic acids is 2. The van der Waals surface area contributed by atoms with Crippen molar-refractivity contribution in [3.8, 4) is 0 Å². The first kappa shape index (κ1) is 14.9. The summed E-state index contributed by atoms with van der Waals surface area (Å²) in [4.78, 5) is 26.6. The fraction of sp³-hybridized carbons (Fsp3) is 0.429. The van der Waals surface area contributed by atoms with E-state index in [4.69, 9.17) is 5.73 Å². The van der Waals surface area contributed by atoms with Gasteiger partial charge in [0.15, 0.2) is 0 Å². The monoisotopic (exact) mass is 293 g/mol. The molecule has 1 aliphatic heterocycles. The Bertz CT molecular complexity index is 547. The van der Waals surface area contributed by atoms with E-state index < -0.39 is 0 Å². The van der Waals surface area contributed by atoms with Crippen LogP contribution >= 0.6 is 11.8 Å². The predicted octanol–water partition coefficient (Wildman–Crippen LogP) is 1.54. The molecule has 2 rings (SSSR count). The summed E-state index contributed by atoms with van der Waals surface area (Å²) in [5, 5.41) is 2.72. The lowest BCUT2D eigenvalue weighted by atomic mass is 10.1. The molecule has 0 radical (unpaired) electrons. The van der Waals surface area contributed by atoms with Gasteiger partial charge in [-0.1, -0.05) is 0 Å². The van der Waals surface area contributed by atoms with Crippen LogP contribution in [0, 0.1) is 0 Å². The highest BCUT2D eigenvalue weighted by molar-refractivity contribution is 8.00. The summed E-state index contributed by atoms with van der Waals surface area (Å²) in [6.45, 7) is 4.17. The highest BCUT2D eigenvalue weighted by Crippen LogP contribution is 2.36. The molecule has 6 heteroatoms. The second-order valence-electron chi connectivity index (χ2n) is 4.96. The van der Waals surface area contributed by atoms with Crippen molar-refractivity contribution >= 4 is 29.3 Å². The van der Waals surface area contributed by atoms with Crippen LogP contribution in [0.2, 0.25) is 0 Å². The summed E-state index contributed by atoms with van der Waals surface area (Å²) >= 11 is 1.50. The van der Waals surface area contributed by atoms with Crippen LogP contribution in [0.25, 0.3) is 0 Å². The molecule has 0 saturated carbocycles. The minimum atomic E-state index is -0.107. The number of fused-ring (bicyclic) bond motifs is 1. The summed E-state index contributed by atoms with van der Waals surface area (Å²) in [7, 11) is 1.73. The van der Waals surface area contributed by atoms with Gasteiger partial charge < -0.3 is 16.0 Å². The van der Waals surface area contributed by atoms with Gasteiger partial charge in [-0.15, -0.1) is 11.8 Å². The Hall–Kier alpha value is -1.53. The minimum absolute atomic E-state index is 0.0254. The van der Waals surface area contributed by atoms with Crippen molar-refractivity contribution in [3.05, 3.63) is 23.8 Å². The van der Waals surface area contributed by atoms with Crippen LogP contribution in [-0.4, -0.2) is 41.6 Å². The van der Waals surface area contributed by atoms with E-state index in [2.05, 4.69) is 5.32 Å². The van der Waals surface area contributed by atoms with Gasteiger partial charge in [0.1, 0.15) is 0 Å². The van der Waals surface area contributed by atoms with Gasteiger partial charge in [0.25, 0.3) is 5.91 Å². The topological polar surface area (TPSA) is 75.4 Å². The van der Waals surface area contributed by atoms with Crippen LogP contribution < -0.4 is 11.1 Å². The maximum atomic E-state index is 12.3. The van der Waals surface area contributed by atoms with Crippen LogP contribution in [-0.2, 0) is 4.79 Å². The number of rotatable bonds is 3. The molecule has 0 bridgehead atoms. The van der Waals surface area contributed by atoms with E-state index in [1.165, 1.54) is 11.8 Å².